The van der Waals surface area contributed by atoms with Crippen LogP contribution in [0.2, 0.25) is 0 Å². The molecule has 1 saturated heterocycles. The van der Waals surface area contributed by atoms with Crippen molar-refractivity contribution < 1.29 is 19.4 Å². The Morgan fingerprint density at radius 2 is 1.43 bits per heavy atom. The first-order valence-corrected chi connectivity index (χ1v) is 12.1. The van der Waals surface area contributed by atoms with Crippen LogP contribution in [0.3, 0.4) is 0 Å². The zero-order valence-corrected chi connectivity index (χ0v) is 20.9. The molecule has 1 amide bonds. The van der Waals surface area contributed by atoms with Crippen LogP contribution < -0.4 is 9.64 Å². The second-order valence-electron chi connectivity index (χ2n) is 9.31. The maximum absolute atomic E-state index is 13.5. The lowest BCUT2D eigenvalue weighted by Gasteiger charge is -2.26. The summed E-state index contributed by atoms with van der Waals surface area (Å²) in [5.74, 6) is -0.366. The number of ether oxygens (including phenoxy) is 1. The molecule has 0 bridgehead atoms. The molecule has 5 rings (SSSR count). The number of amides is 1. The Morgan fingerprint density at radius 1 is 0.757 bits per heavy atom. The zero-order chi connectivity index (χ0) is 26.1. The summed E-state index contributed by atoms with van der Waals surface area (Å²) in [5.41, 5.74) is 4.59. The molecule has 0 radical (unpaired) electrons. The normalized spacial score (nSPS) is 16.7. The third-order valence-electron chi connectivity index (χ3n) is 6.56. The quantitative estimate of drug-likeness (QED) is 0.186. The molecule has 0 spiro atoms. The van der Waals surface area contributed by atoms with Crippen LogP contribution in [0, 0.1) is 20.8 Å². The number of Topliss-reactive ketones (excluding diaryl/α,β-unsaturated/α-hetero) is 1. The number of rotatable bonds is 5. The lowest BCUT2D eigenvalue weighted by molar-refractivity contribution is -0.132. The van der Waals surface area contributed by atoms with Gasteiger partial charge in [0, 0.05) is 11.3 Å². The van der Waals surface area contributed by atoms with E-state index in [1.54, 1.807) is 6.07 Å². The van der Waals surface area contributed by atoms with Gasteiger partial charge < -0.3 is 9.84 Å². The van der Waals surface area contributed by atoms with E-state index in [2.05, 4.69) is 0 Å². The fourth-order valence-corrected chi connectivity index (χ4v) is 4.63. The fraction of sp³-hybridized carbons (Fsp3) is 0.125. The van der Waals surface area contributed by atoms with E-state index in [-0.39, 0.29) is 11.3 Å². The number of ketones is 1. The van der Waals surface area contributed by atoms with Crippen molar-refractivity contribution >= 4 is 23.1 Å². The van der Waals surface area contributed by atoms with Gasteiger partial charge in [-0.2, -0.15) is 0 Å². The van der Waals surface area contributed by atoms with Gasteiger partial charge in [-0.25, -0.2) is 0 Å². The molecule has 1 aliphatic heterocycles. The number of carbonyl (C=O) groups is 2. The highest BCUT2D eigenvalue weighted by atomic mass is 16.5. The van der Waals surface area contributed by atoms with Crippen molar-refractivity contribution in [2.45, 2.75) is 26.8 Å². The molecule has 4 aromatic carbocycles. The summed E-state index contributed by atoms with van der Waals surface area (Å²) in [6.07, 6.45) is 0. The smallest absolute Gasteiger partial charge is 0.300 e. The number of para-hydroxylation sites is 1. The number of aliphatic hydroxyl groups excluding tert-OH is 1. The lowest BCUT2D eigenvalue weighted by atomic mass is 9.93. The van der Waals surface area contributed by atoms with Gasteiger partial charge in [-0.05, 0) is 74.4 Å². The number of carbonyl (C=O) groups excluding carboxylic acids is 2. The van der Waals surface area contributed by atoms with Gasteiger partial charge in [0.15, 0.2) is 0 Å². The van der Waals surface area contributed by atoms with E-state index < -0.39 is 17.7 Å². The molecule has 0 aromatic heterocycles. The van der Waals surface area contributed by atoms with E-state index in [0.29, 0.717) is 28.3 Å². The Hall–Kier alpha value is -4.64. The second-order valence-corrected chi connectivity index (χ2v) is 9.31. The average molecular weight is 490 g/mol. The Kier molecular flexibility index (Phi) is 6.36. The van der Waals surface area contributed by atoms with Crippen LogP contribution in [0.5, 0.6) is 11.5 Å². The van der Waals surface area contributed by atoms with Crippen LogP contribution in [0.1, 0.15) is 33.9 Å². The van der Waals surface area contributed by atoms with Crippen molar-refractivity contribution in [1.29, 1.82) is 0 Å². The summed E-state index contributed by atoms with van der Waals surface area (Å²) in [4.78, 5) is 28.4. The van der Waals surface area contributed by atoms with Crippen LogP contribution in [0.4, 0.5) is 5.69 Å². The fourth-order valence-electron chi connectivity index (χ4n) is 4.63. The van der Waals surface area contributed by atoms with E-state index in [4.69, 9.17) is 4.74 Å². The molecule has 1 heterocycles. The van der Waals surface area contributed by atoms with Crippen LogP contribution in [-0.4, -0.2) is 16.8 Å². The number of hydrogen-bond donors (Lipinski definition) is 1. The maximum atomic E-state index is 13.5. The van der Waals surface area contributed by atoms with Crippen LogP contribution in [-0.2, 0) is 9.59 Å². The molecular weight excluding hydrogens is 462 g/mol. The van der Waals surface area contributed by atoms with Gasteiger partial charge in [-0.15, -0.1) is 0 Å². The van der Waals surface area contributed by atoms with E-state index in [0.717, 1.165) is 16.7 Å². The second kappa shape index (κ2) is 9.78. The molecule has 5 nitrogen and oxygen atoms in total. The minimum Gasteiger partial charge on any atom is -0.507 e. The van der Waals surface area contributed by atoms with Crippen molar-refractivity contribution in [3.8, 4) is 11.5 Å². The van der Waals surface area contributed by atoms with Crippen LogP contribution in [0.15, 0.2) is 103 Å². The largest absolute Gasteiger partial charge is 0.507 e. The number of benzene rings is 4. The summed E-state index contributed by atoms with van der Waals surface area (Å²) >= 11 is 0. The number of aryl methyl sites for hydroxylation is 3. The predicted molar refractivity (Wildman–Crippen MR) is 145 cm³/mol. The Bertz CT molecular complexity index is 1520. The first kappa shape index (κ1) is 24.1. The summed E-state index contributed by atoms with van der Waals surface area (Å²) in [6, 6.07) is 28.9. The molecule has 0 saturated carbocycles. The first-order valence-electron chi connectivity index (χ1n) is 12.1. The molecule has 0 aliphatic carbocycles. The number of hydrogen-bond acceptors (Lipinski definition) is 4. The van der Waals surface area contributed by atoms with Gasteiger partial charge in [0.1, 0.15) is 17.3 Å². The monoisotopic (exact) mass is 489 g/mol. The van der Waals surface area contributed by atoms with Crippen molar-refractivity contribution in [2.24, 2.45) is 0 Å². The summed E-state index contributed by atoms with van der Waals surface area (Å²) in [5, 5.41) is 11.5. The molecule has 1 atom stereocenters. The lowest BCUT2D eigenvalue weighted by Crippen LogP contribution is -2.29. The highest BCUT2D eigenvalue weighted by molar-refractivity contribution is 6.51. The van der Waals surface area contributed by atoms with Gasteiger partial charge in [0.05, 0.1) is 11.6 Å². The first-order chi connectivity index (χ1) is 17.8. The van der Waals surface area contributed by atoms with Gasteiger partial charge in [-0.3, -0.25) is 14.5 Å². The number of aliphatic hydroxyl groups is 1. The highest BCUT2D eigenvalue weighted by Crippen LogP contribution is 2.43. The third kappa shape index (κ3) is 4.64. The van der Waals surface area contributed by atoms with Crippen molar-refractivity contribution in [3.63, 3.8) is 0 Å². The van der Waals surface area contributed by atoms with Gasteiger partial charge in [0.2, 0.25) is 0 Å². The number of anilines is 1. The molecule has 4 aromatic rings. The molecule has 1 fully saturated rings. The Labute approximate surface area is 216 Å². The predicted octanol–water partition coefficient (Wildman–Crippen LogP) is 7.03. The Balaban J connectivity index is 1.69. The summed E-state index contributed by atoms with van der Waals surface area (Å²) in [7, 11) is 0. The van der Waals surface area contributed by atoms with Crippen LogP contribution >= 0.6 is 0 Å². The number of nitrogens with zero attached hydrogens (tertiary/aromatic N) is 1. The third-order valence-corrected chi connectivity index (χ3v) is 6.56. The molecule has 1 aliphatic rings. The minimum absolute atomic E-state index is 0.0520. The van der Waals surface area contributed by atoms with Gasteiger partial charge in [-0.1, -0.05) is 65.7 Å². The van der Waals surface area contributed by atoms with E-state index in [1.165, 1.54) is 4.90 Å². The minimum atomic E-state index is -0.832. The topological polar surface area (TPSA) is 66.8 Å². The standard InChI is InChI=1S/C32H27NO4/c1-20-13-16-24(17-14-20)33-29(23-8-7-11-26(19-23)37-25-9-5-4-6-10-25)28(31(35)32(33)36)30(34)27-18-21(2)12-15-22(27)3/h4-19,29,34H,1-3H3/b30-28+. The maximum Gasteiger partial charge on any atom is 0.300 e. The molecule has 5 heteroatoms. The van der Waals surface area contributed by atoms with Crippen molar-refractivity contribution in [1.82, 2.24) is 0 Å². The molecule has 184 valence electrons. The van der Waals surface area contributed by atoms with Gasteiger partial charge >= 0.3 is 0 Å². The summed E-state index contributed by atoms with van der Waals surface area (Å²) < 4.78 is 6.04. The van der Waals surface area contributed by atoms with Crippen LogP contribution in [0.25, 0.3) is 5.76 Å². The molecule has 37 heavy (non-hydrogen) atoms. The SMILES string of the molecule is Cc1ccc(N2C(=O)C(=O)/C(=C(/O)c3cc(C)ccc3C)C2c2cccc(Oc3ccccc3)c2)cc1. The van der Waals surface area contributed by atoms with Crippen molar-refractivity contribution in [3.05, 3.63) is 130 Å². The molecule has 1 N–H and O–H groups in total. The van der Waals surface area contributed by atoms with Crippen molar-refractivity contribution in [2.75, 3.05) is 4.90 Å². The molecule has 1 unspecified atom stereocenters. The van der Waals surface area contributed by atoms with E-state index in [1.807, 2.05) is 112 Å². The van der Waals surface area contributed by atoms with Gasteiger partial charge in [0.25, 0.3) is 11.7 Å². The van der Waals surface area contributed by atoms with E-state index in [9.17, 15) is 14.7 Å². The highest BCUT2D eigenvalue weighted by Gasteiger charge is 2.47. The Morgan fingerprint density at radius 3 is 2.16 bits per heavy atom. The zero-order valence-electron chi connectivity index (χ0n) is 20.9. The van der Waals surface area contributed by atoms with E-state index >= 15 is 0 Å². The molecular formula is C32H27NO4. The average Bonchev–Trinajstić information content (AvgIpc) is 3.16. The summed E-state index contributed by atoms with van der Waals surface area (Å²) in [6.45, 7) is 5.75.